The fraction of sp³-hybridized carbons (Fsp3) is 0.133. The van der Waals surface area contributed by atoms with E-state index in [1.54, 1.807) is 0 Å². The van der Waals surface area contributed by atoms with E-state index in [1.807, 2.05) is 5.32 Å². The number of rotatable bonds is 5. The lowest BCUT2D eigenvalue weighted by atomic mass is 10.3. The third-order valence-corrected chi connectivity index (χ3v) is 5.04. The van der Waals surface area contributed by atoms with Crippen LogP contribution in [0.3, 0.4) is 0 Å². The molecule has 0 unspecified atom stereocenters. The molecule has 2 aromatic rings. The number of benzene rings is 2. The van der Waals surface area contributed by atoms with Crippen LogP contribution in [0.4, 0.5) is 23.2 Å². The minimum atomic E-state index is -4.31. The number of nitrogens with zero attached hydrogens (tertiary/aromatic N) is 1. The van der Waals surface area contributed by atoms with E-state index in [0.29, 0.717) is 10.4 Å². The van der Waals surface area contributed by atoms with E-state index in [4.69, 9.17) is 0 Å². The molecule has 0 atom stereocenters. The van der Waals surface area contributed by atoms with Crippen LogP contribution in [0.1, 0.15) is 0 Å². The van der Waals surface area contributed by atoms with Crippen LogP contribution in [0, 0.1) is 23.3 Å². The van der Waals surface area contributed by atoms with Gasteiger partial charge in [-0.15, -0.1) is 0 Å². The molecule has 5 nitrogen and oxygen atoms in total. The zero-order valence-electron chi connectivity index (χ0n) is 12.8. The third-order valence-electron chi connectivity index (χ3n) is 3.20. The molecule has 0 spiro atoms. The minimum Gasteiger partial charge on any atom is -0.322 e. The molecular weight excluding hydrogens is 364 g/mol. The van der Waals surface area contributed by atoms with Crippen molar-refractivity contribution in [3.05, 3.63) is 59.7 Å². The van der Waals surface area contributed by atoms with Crippen molar-refractivity contribution in [2.75, 3.05) is 18.9 Å². The fourth-order valence-electron chi connectivity index (χ4n) is 1.92. The Balaban J connectivity index is 2.15. The van der Waals surface area contributed by atoms with Gasteiger partial charge in [-0.1, -0.05) is 12.1 Å². The second kappa shape index (κ2) is 7.19. The van der Waals surface area contributed by atoms with Gasteiger partial charge in [0.2, 0.25) is 15.9 Å². The first kappa shape index (κ1) is 18.9. The van der Waals surface area contributed by atoms with Gasteiger partial charge in [0.25, 0.3) is 0 Å². The molecule has 0 fully saturated rings. The Morgan fingerprint density at radius 3 is 2.28 bits per heavy atom. The normalized spacial score (nSPS) is 11.6. The zero-order chi connectivity index (χ0) is 18.8. The summed E-state index contributed by atoms with van der Waals surface area (Å²) in [7, 11) is -3.30. The number of carbonyl (C=O) groups excluding carboxylic acids is 1. The monoisotopic (exact) mass is 376 g/mol. The largest absolute Gasteiger partial charge is 0.322 e. The lowest BCUT2D eigenvalue weighted by Crippen LogP contribution is -2.35. The maximum atomic E-state index is 13.6. The van der Waals surface area contributed by atoms with E-state index >= 15 is 0 Å². The summed E-state index contributed by atoms with van der Waals surface area (Å²) in [5.74, 6) is -6.85. The average molecular weight is 376 g/mol. The van der Waals surface area contributed by atoms with Gasteiger partial charge in [0, 0.05) is 7.05 Å². The first-order valence-corrected chi connectivity index (χ1v) is 8.23. The van der Waals surface area contributed by atoms with Crippen molar-refractivity contribution in [3.63, 3.8) is 0 Å². The second-order valence-corrected chi connectivity index (χ2v) is 6.98. The number of nitrogens with one attached hydrogen (secondary N) is 1. The highest BCUT2D eigenvalue weighted by Crippen LogP contribution is 2.20. The summed E-state index contributed by atoms with van der Waals surface area (Å²) in [5.41, 5.74) is -0.652. The molecular formula is C15H12F4N2O3S. The van der Waals surface area contributed by atoms with Gasteiger partial charge in [0.05, 0.1) is 12.2 Å². The summed E-state index contributed by atoms with van der Waals surface area (Å²) in [6.07, 6.45) is 0. The summed E-state index contributed by atoms with van der Waals surface area (Å²) in [6.45, 7) is -0.797. The highest BCUT2D eigenvalue weighted by atomic mass is 32.2. The maximum absolute atomic E-state index is 13.6. The van der Waals surface area contributed by atoms with Gasteiger partial charge in [-0.2, -0.15) is 4.31 Å². The topological polar surface area (TPSA) is 66.5 Å². The molecule has 2 rings (SSSR count). The highest BCUT2D eigenvalue weighted by molar-refractivity contribution is 7.89. The molecule has 1 N–H and O–H groups in total. The van der Waals surface area contributed by atoms with E-state index in [2.05, 4.69) is 0 Å². The van der Waals surface area contributed by atoms with E-state index in [9.17, 15) is 30.8 Å². The molecule has 0 aliphatic carbocycles. The molecule has 0 bridgehead atoms. The molecule has 2 aromatic carbocycles. The molecule has 0 aromatic heterocycles. The van der Waals surface area contributed by atoms with Crippen molar-refractivity contribution in [1.29, 1.82) is 0 Å². The van der Waals surface area contributed by atoms with Crippen molar-refractivity contribution in [1.82, 2.24) is 4.31 Å². The van der Waals surface area contributed by atoms with Gasteiger partial charge in [0.15, 0.2) is 17.5 Å². The predicted octanol–water partition coefficient (Wildman–Crippen LogP) is 2.50. The maximum Gasteiger partial charge on any atom is 0.246 e. The van der Waals surface area contributed by atoms with E-state index < -0.39 is 56.3 Å². The Morgan fingerprint density at radius 1 is 1.00 bits per heavy atom. The van der Waals surface area contributed by atoms with Crippen LogP contribution in [0.5, 0.6) is 0 Å². The lowest BCUT2D eigenvalue weighted by molar-refractivity contribution is -0.116. The zero-order valence-corrected chi connectivity index (χ0v) is 13.6. The highest BCUT2D eigenvalue weighted by Gasteiger charge is 2.26. The van der Waals surface area contributed by atoms with E-state index in [1.165, 1.54) is 12.1 Å². The van der Waals surface area contributed by atoms with Crippen molar-refractivity contribution in [2.45, 2.75) is 4.90 Å². The van der Waals surface area contributed by atoms with Crippen molar-refractivity contribution < 1.29 is 30.8 Å². The van der Waals surface area contributed by atoms with Gasteiger partial charge in [0.1, 0.15) is 10.7 Å². The Hall–Kier alpha value is -2.46. The van der Waals surface area contributed by atoms with E-state index in [0.717, 1.165) is 25.2 Å². The van der Waals surface area contributed by atoms with E-state index in [-0.39, 0.29) is 0 Å². The molecule has 0 saturated carbocycles. The summed E-state index contributed by atoms with van der Waals surface area (Å²) >= 11 is 0. The standard InChI is InChI=1S/C15H12F4N2O3S/c1-21(25(23,24)12-5-3-2-4-9(12)16)8-13(22)20-11-7-6-10(17)14(18)15(11)19/h2-7H,8H2,1H3,(H,20,22). The van der Waals surface area contributed by atoms with Crippen LogP contribution in [-0.4, -0.2) is 32.2 Å². The summed E-state index contributed by atoms with van der Waals surface area (Å²) in [6, 6.07) is 5.96. The number of halogens is 4. The molecule has 0 aliphatic rings. The van der Waals surface area contributed by atoms with Crippen LogP contribution in [0.25, 0.3) is 0 Å². The Morgan fingerprint density at radius 2 is 1.64 bits per heavy atom. The van der Waals surface area contributed by atoms with Crippen LogP contribution in [0.2, 0.25) is 0 Å². The van der Waals surface area contributed by atoms with Gasteiger partial charge in [-0.3, -0.25) is 4.79 Å². The molecule has 1 amide bonds. The minimum absolute atomic E-state index is 0.540. The smallest absolute Gasteiger partial charge is 0.246 e. The number of sulfonamides is 1. The predicted molar refractivity (Wildman–Crippen MR) is 81.2 cm³/mol. The molecule has 0 saturated heterocycles. The van der Waals surface area contributed by atoms with Gasteiger partial charge < -0.3 is 5.32 Å². The van der Waals surface area contributed by atoms with Crippen LogP contribution in [0.15, 0.2) is 41.3 Å². The quantitative estimate of drug-likeness (QED) is 0.644. The Bertz CT molecular complexity index is 919. The van der Waals surface area contributed by atoms with Crippen LogP contribution in [-0.2, 0) is 14.8 Å². The third kappa shape index (κ3) is 3.97. The molecule has 10 heteroatoms. The van der Waals surface area contributed by atoms with Crippen LogP contribution >= 0.6 is 0 Å². The second-order valence-electron chi connectivity index (χ2n) is 4.96. The van der Waals surface area contributed by atoms with Crippen molar-refractivity contribution >= 4 is 21.6 Å². The molecule has 25 heavy (non-hydrogen) atoms. The summed E-state index contributed by atoms with van der Waals surface area (Å²) in [5, 5.41) is 1.93. The van der Waals surface area contributed by atoms with Crippen molar-refractivity contribution in [2.24, 2.45) is 0 Å². The average Bonchev–Trinajstić information content (AvgIpc) is 2.55. The van der Waals surface area contributed by atoms with Gasteiger partial charge >= 0.3 is 0 Å². The summed E-state index contributed by atoms with van der Waals surface area (Å²) in [4.78, 5) is 11.2. The van der Waals surface area contributed by atoms with Crippen LogP contribution < -0.4 is 5.32 Å². The number of amides is 1. The van der Waals surface area contributed by atoms with Gasteiger partial charge in [-0.25, -0.2) is 26.0 Å². The fourth-order valence-corrected chi connectivity index (χ4v) is 3.11. The molecule has 0 aliphatic heterocycles. The number of anilines is 1. The number of carbonyl (C=O) groups is 1. The Kier molecular flexibility index (Phi) is 5.43. The SMILES string of the molecule is CN(CC(=O)Nc1ccc(F)c(F)c1F)S(=O)(=O)c1ccccc1F. The Labute approximate surface area is 140 Å². The summed E-state index contributed by atoms with van der Waals surface area (Å²) < 4.78 is 78.1. The molecule has 0 radical (unpaired) electrons. The number of hydrogen-bond acceptors (Lipinski definition) is 3. The molecule has 0 heterocycles. The van der Waals surface area contributed by atoms with Crippen molar-refractivity contribution in [3.8, 4) is 0 Å². The molecule has 134 valence electrons. The number of likely N-dealkylation sites (N-methyl/N-ethyl adjacent to an activating group) is 1. The number of hydrogen-bond donors (Lipinski definition) is 1. The first-order chi connectivity index (χ1) is 11.6. The first-order valence-electron chi connectivity index (χ1n) is 6.79. The lowest BCUT2D eigenvalue weighted by Gasteiger charge is -2.17. The van der Waals surface area contributed by atoms with Gasteiger partial charge in [-0.05, 0) is 24.3 Å².